The SMILES string of the molecule is CC(N)(C(=O)NCc1cccc(CN2CCCCCC2)c1)c1ccccc1. The van der Waals surface area contributed by atoms with Crippen molar-refractivity contribution in [3.63, 3.8) is 0 Å². The van der Waals surface area contributed by atoms with E-state index >= 15 is 0 Å². The molecule has 27 heavy (non-hydrogen) atoms. The normalized spacial score (nSPS) is 17.7. The third-order valence-electron chi connectivity index (χ3n) is 5.39. The van der Waals surface area contributed by atoms with Crippen LogP contribution in [0.2, 0.25) is 0 Å². The lowest BCUT2D eigenvalue weighted by molar-refractivity contribution is -0.126. The van der Waals surface area contributed by atoms with Gasteiger partial charge < -0.3 is 11.1 Å². The van der Waals surface area contributed by atoms with Gasteiger partial charge in [0, 0.05) is 13.1 Å². The number of benzene rings is 2. The first kappa shape index (κ1) is 19.6. The van der Waals surface area contributed by atoms with Gasteiger partial charge in [0.2, 0.25) is 5.91 Å². The van der Waals surface area contributed by atoms with Crippen LogP contribution >= 0.6 is 0 Å². The molecule has 0 bridgehead atoms. The number of carbonyl (C=O) groups excluding carboxylic acids is 1. The van der Waals surface area contributed by atoms with Crippen LogP contribution < -0.4 is 11.1 Å². The van der Waals surface area contributed by atoms with Gasteiger partial charge in [0.15, 0.2) is 0 Å². The van der Waals surface area contributed by atoms with Gasteiger partial charge in [0.1, 0.15) is 5.54 Å². The van der Waals surface area contributed by atoms with Crippen LogP contribution in [0.1, 0.15) is 49.3 Å². The molecule has 2 aromatic rings. The number of nitrogens with one attached hydrogen (secondary N) is 1. The van der Waals surface area contributed by atoms with Crippen molar-refractivity contribution in [1.29, 1.82) is 0 Å². The molecular weight excluding hydrogens is 334 g/mol. The zero-order valence-corrected chi connectivity index (χ0v) is 16.3. The highest BCUT2D eigenvalue weighted by atomic mass is 16.2. The van der Waals surface area contributed by atoms with Crippen molar-refractivity contribution in [1.82, 2.24) is 10.2 Å². The molecule has 1 saturated heterocycles. The Kier molecular flexibility index (Phi) is 6.64. The summed E-state index contributed by atoms with van der Waals surface area (Å²) >= 11 is 0. The van der Waals surface area contributed by atoms with E-state index in [9.17, 15) is 4.79 Å². The van der Waals surface area contributed by atoms with Crippen molar-refractivity contribution < 1.29 is 4.79 Å². The zero-order valence-electron chi connectivity index (χ0n) is 16.3. The van der Waals surface area contributed by atoms with E-state index in [-0.39, 0.29) is 5.91 Å². The molecule has 4 nitrogen and oxygen atoms in total. The van der Waals surface area contributed by atoms with Crippen molar-refractivity contribution in [3.05, 3.63) is 71.3 Å². The Hall–Kier alpha value is -2.17. The van der Waals surface area contributed by atoms with Crippen LogP contribution in [-0.2, 0) is 23.4 Å². The van der Waals surface area contributed by atoms with Crippen molar-refractivity contribution in [2.45, 2.75) is 51.2 Å². The molecule has 1 unspecified atom stereocenters. The summed E-state index contributed by atoms with van der Waals surface area (Å²) in [6, 6.07) is 18.0. The molecule has 2 aromatic carbocycles. The lowest BCUT2D eigenvalue weighted by atomic mass is 9.92. The molecule has 1 atom stereocenters. The van der Waals surface area contributed by atoms with Crippen LogP contribution in [0.3, 0.4) is 0 Å². The smallest absolute Gasteiger partial charge is 0.244 e. The summed E-state index contributed by atoms with van der Waals surface area (Å²) in [6.07, 6.45) is 5.29. The number of hydrogen-bond donors (Lipinski definition) is 2. The number of nitrogens with two attached hydrogens (primary N) is 1. The molecule has 4 heteroatoms. The highest BCUT2D eigenvalue weighted by Crippen LogP contribution is 2.18. The van der Waals surface area contributed by atoms with E-state index in [0.717, 1.165) is 17.7 Å². The molecular formula is C23H31N3O. The Morgan fingerprint density at radius 3 is 2.37 bits per heavy atom. The summed E-state index contributed by atoms with van der Waals surface area (Å²) < 4.78 is 0. The van der Waals surface area contributed by atoms with Crippen LogP contribution in [-0.4, -0.2) is 23.9 Å². The van der Waals surface area contributed by atoms with Crippen LogP contribution in [0.25, 0.3) is 0 Å². The number of nitrogens with zero attached hydrogens (tertiary/aromatic N) is 1. The predicted octanol–water partition coefficient (Wildman–Crippen LogP) is 3.55. The van der Waals surface area contributed by atoms with Gasteiger partial charge in [-0.05, 0) is 49.5 Å². The molecule has 0 saturated carbocycles. The lowest BCUT2D eigenvalue weighted by Crippen LogP contribution is -2.48. The van der Waals surface area contributed by atoms with Gasteiger partial charge in [-0.25, -0.2) is 0 Å². The molecule has 0 aromatic heterocycles. The van der Waals surface area contributed by atoms with Gasteiger partial charge in [-0.2, -0.15) is 0 Å². The first-order valence-corrected chi connectivity index (χ1v) is 9.98. The first-order chi connectivity index (χ1) is 13.1. The Morgan fingerprint density at radius 1 is 1.00 bits per heavy atom. The molecule has 1 amide bonds. The summed E-state index contributed by atoms with van der Waals surface area (Å²) in [4.78, 5) is 15.2. The molecule has 0 aliphatic carbocycles. The molecule has 1 aliphatic rings. The van der Waals surface area contributed by atoms with E-state index < -0.39 is 5.54 Å². The van der Waals surface area contributed by atoms with Gasteiger partial charge >= 0.3 is 0 Å². The second-order valence-electron chi connectivity index (χ2n) is 7.76. The van der Waals surface area contributed by atoms with Gasteiger partial charge in [0.25, 0.3) is 0 Å². The quantitative estimate of drug-likeness (QED) is 0.823. The molecule has 1 aliphatic heterocycles. The number of likely N-dealkylation sites (tertiary alicyclic amines) is 1. The number of amides is 1. The van der Waals surface area contributed by atoms with Gasteiger partial charge in [-0.1, -0.05) is 67.4 Å². The molecule has 1 heterocycles. The van der Waals surface area contributed by atoms with Gasteiger partial charge in [-0.15, -0.1) is 0 Å². The second kappa shape index (κ2) is 9.16. The fourth-order valence-electron chi connectivity index (χ4n) is 3.67. The predicted molar refractivity (Wildman–Crippen MR) is 110 cm³/mol. The highest BCUT2D eigenvalue weighted by Gasteiger charge is 2.29. The minimum absolute atomic E-state index is 0.161. The van der Waals surface area contributed by atoms with E-state index in [2.05, 4.69) is 34.5 Å². The maximum atomic E-state index is 12.6. The Labute approximate surface area is 162 Å². The standard InChI is InChI=1S/C23H31N3O/c1-23(24,21-12-5-4-6-13-21)22(27)25-17-19-10-9-11-20(16-19)18-26-14-7-2-3-8-15-26/h4-6,9-13,16H,2-3,7-8,14-15,17-18,24H2,1H3,(H,25,27). The second-order valence-corrected chi connectivity index (χ2v) is 7.76. The van der Waals surface area contributed by atoms with E-state index in [4.69, 9.17) is 5.73 Å². The van der Waals surface area contributed by atoms with Gasteiger partial charge in [-0.3, -0.25) is 9.69 Å². The number of carbonyl (C=O) groups is 1. The summed E-state index contributed by atoms with van der Waals surface area (Å²) in [5.41, 5.74) is 8.49. The van der Waals surface area contributed by atoms with Crippen molar-refractivity contribution in [2.24, 2.45) is 5.73 Å². The van der Waals surface area contributed by atoms with E-state index in [0.29, 0.717) is 6.54 Å². The molecule has 0 spiro atoms. The number of hydrogen-bond acceptors (Lipinski definition) is 3. The van der Waals surface area contributed by atoms with Crippen LogP contribution in [0.4, 0.5) is 0 Å². The summed E-state index contributed by atoms with van der Waals surface area (Å²) in [5, 5.41) is 3.00. The lowest BCUT2D eigenvalue weighted by Gasteiger charge is -2.24. The summed E-state index contributed by atoms with van der Waals surface area (Å²) in [7, 11) is 0. The fourth-order valence-corrected chi connectivity index (χ4v) is 3.67. The Bertz CT molecular complexity index is 734. The van der Waals surface area contributed by atoms with Crippen molar-refractivity contribution >= 4 is 5.91 Å². The minimum Gasteiger partial charge on any atom is -0.350 e. The minimum atomic E-state index is -1.04. The maximum Gasteiger partial charge on any atom is 0.244 e. The van der Waals surface area contributed by atoms with E-state index in [1.165, 1.54) is 44.3 Å². The fraction of sp³-hybridized carbons (Fsp3) is 0.435. The molecule has 3 rings (SSSR count). The summed E-state index contributed by atoms with van der Waals surface area (Å²) in [6.45, 7) is 5.60. The largest absolute Gasteiger partial charge is 0.350 e. The van der Waals surface area contributed by atoms with Gasteiger partial charge in [0.05, 0.1) is 0 Å². The third-order valence-corrected chi connectivity index (χ3v) is 5.39. The molecule has 0 radical (unpaired) electrons. The molecule has 144 valence electrons. The average molecular weight is 366 g/mol. The zero-order chi connectivity index (χ0) is 19.1. The van der Waals surface area contributed by atoms with Crippen LogP contribution in [0, 0.1) is 0 Å². The van der Waals surface area contributed by atoms with E-state index in [1.807, 2.05) is 30.3 Å². The van der Waals surface area contributed by atoms with E-state index in [1.54, 1.807) is 6.92 Å². The van der Waals surface area contributed by atoms with Crippen molar-refractivity contribution in [2.75, 3.05) is 13.1 Å². The Morgan fingerprint density at radius 2 is 1.67 bits per heavy atom. The monoisotopic (exact) mass is 365 g/mol. The maximum absolute atomic E-state index is 12.6. The van der Waals surface area contributed by atoms with Crippen LogP contribution in [0.15, 0.2) is 54.6 Å². The topological polar surface area (TPSA) is 58.4 Å². The highest BCUT2D eigenvalue weighted by molar-refractivity contribution is 5.86. The van der Waals surface area contributed by atoms with Crippen LogP contribution in [0.5, 0.6) is 0 Å². The number of rotatable bonds is 6. The average Bonchev–Trinajstić information content (AvgIpc) is 2.95. The molecule has 1 fully saturated rings. The first-order valence-electron chi connectivity index (χ1n) is 9.98. The molecule has 3 N–H and O–H groups in total. The van der Waals surface area contributed by atoms with Crippen molar-refractivity contribution in [3.8, 4) is 0 Å². The third kappa shape index (κ3) is 5.41. The Balaban J connectivity index is 1.58. The summed E-state index contributed by atoms with van der Waals surface area (Å²) in [5.74, 6) is -0.161.